The molecule has 0 radical (unpaired) electrons. The smallest absolute Gasteiger partial charge is 0.296 e. The van der Waals surface area contributed by atoms with Gasteiger partial charge in [0.15, 0.2) is 5.69 Å². The first-order valence-corrected chi connectivity index (χ1v) is 6.77. The number of carbonyl (C=O) groups excluding carboxylic acids is 1. The van der Waals surface area contributed by atoms with E-state index in [-0.39, 0.29) is 23.5 Å². The van der Waals surface area contributed by atoms with Crippen LogP contribution in [0.3, 0.4) is 0 Å². The number of phenolic OH excluding ortho intramolecular Hbond substituents is 1. The topological polar surface area (TPSA) is 92.5 Å². The van der Waals surface area contributed by atoms with Gasteiger partial charge in [0, 0.05) is 10.5 Å². The number of hydrogen-bond acceptors (Lipinski definition) is 4. The maximum atomic E-state index is 12.0. The zero-order chi connectivity index (χ0) is 15.4. The molecule has 0 aliphatic carbocycles. The number of nitro benzene ring substituents is 1. The van der Waals surface area contributed by atoms with Crippen molar-refractivity contribution in [3.63, 3.8) is 0 Å². The normalized spacial score (nSPS) is 10.1. The van der Waals surface area contributed by atoms with Crippen molar-refractivity contribution < 1.29 is 14.8 Å². The van der Waals surface area contributed by atoms with Crippen LogP contribution in [-0.2, 0) is 11.2 Å². The summed E-state index contributed by atoms with van der Waals surface area (Å²) in [4.78, 5) is 22.2. The molecule has 0 unspecified atom stereocenters. The number of phenols is 1. The van der Waals surface area contributed by atoms with Crippen LogP contribution in [0.1, 0.15) is 5.56 Å². The summed E-state index contributed by atoms with van der Waals surface area (Å²) in [7, 11) is 0. The summed E-state index contributed by atoms with van der Waals surface area (Å²) in [6, 6.07) is 11.0. The van der Waals surface area contributed by atoms with Gasteiger partial charge >= 0.3 is 0 Å². The Labute approximate surface area is 128 Å². The Balaban J connectivity index is 2.18. The number of halogens is 1. The van der Waals surface area contributed by atoms with Crippen LogP contribution in [0.15, 0.2) is 46.9 Å². The molecule has 2 rings (SSSR count). The molecule has 0 aliphatic rings. The molecular formula is C14H11BrN2O4. The van der Waals surface area contributed by atoms with Gasteiger partial charge in [-0.3, -0.25) is 14.9 Å². The summed E-state index contributed by atoms with van der Waals surface area (Å²) in [5.74, 6) is -0.788. The number of nitrogens with one attached hydrogen (secondary N) is 1. The van der Waals surface area contributed by atoms with E-state index in [1.807, 2.05) is 6.07 Å². The fourth-order valence-corrected chi connectivity index (χ4v) is 2.27. The largest absolute Gasteiger partial charge is 0.505 e. The van der Waals surface area contributed by atoms with Gasteiger partial charge in [-0.25, -0.2) is 0 Å². The standard InChI is InChI=1S/C14H11BrN2O4/c15-10-4-1-3-9(7-10)8-13(19)16-14-11(17(20)21)5-2-6-12(14)18/h1-7,18H,8H2,(H,16,19). The Morgan fingerprint density at radius 2 is 2.00 bits per heavy atom. The van der Waals surface area contributed by atoms with E-state index in [1.165, 1.54) is 18.2 Å². The lowest BCUT2D eigenvalue weighted by Crippen LogP contribution is -2.15. The van der Waals surface area contributed by atoms with Crippen LogP contribution >= 0.6 is 15.9 Å². The molecule has 2 aromatic rings. The molecule has 0 atom stereocenters. The summed E-state index contributed by atoms with van der Waals surface area (Å²) in [6.07, 6.45) is 0.0466. The first-order chi connectivity index (χ1) is 9.97. The third-order valence-corrected chi connectivity index (χ3v) is 3.23. The Kier molecular flexibility index (Phi) is 4.54. The zero-order valence-corrected chi connectivity index (χ0v) is 12.3. The summed E-state index contributed by atoms with van der Waals surface area (Å²) in [5, 5.41) is 23.0. The average Bonchev–Trinajstić information content (AvgIpc) is 2.40. The van der Waals surface area contributed by atoms with Gasteiger partial charge in [0.2, 0.25) is 5.91 Å². The number of hydrogen-bond donors (Lipinski definition) is 2. The minimum Gasteiger partial charge on any atom is -0.505 e. The van der Waals surface area contributed by atoms with E-state index in [0.717, 1.165) is 10.0 Å². The van der Waals surface area contributed by atoms with Crippen LogP contribution in [0.4, 0.5) is 11.4 Å². The highest BCUT2D eigenvalue weighted by molar-refractivity contribution is 9.10. The van der Waals surface area contributed by atoms with Gasteiger partial charge in [0.25, 0.3) is 5.69 Å². The number of para-hydroxylation sites is 1. The Hall–Kier alpha value is -2.41. The summed E-state index contributed by atoms with van der Waals surface area (Å²) in [5.41, 5.74) is 0.208. The van der Waals surface area contributed by atoms with Gasteiger partial charge in [0.05, 0.1) is 11.3 Å². The SMILES string of the molecule is O=C(Cc1cccc(Br)c1)Nc1c(O)cccc1[N+](=O)[O-]. The molecule has 0 aliphatic heterocycles. The van der Waals surface area contributed by atoms with E-state index in [9.17, 15) is 20.0 Å². The van der Waals surface area contributed by atoms with E-state index in [0.29, 0.717) is 0 Å². The van der Waals surface area contributed by atoms with Crippen molar-refractivity contribution in [1.82, 2.24) is 0 Å². The number of aromatic hydroxyl groups is 1. The second-order valence-electron chi connectivity index (χ2n) is 4.28. The van der Waals surface area contributed by atoms with Gasteiger partial charge in [-0.15, -0.1) is 0 Å². The van der Waals surface area contributed by atoms with E-state index in [4.69, 9.17) is 0 Å². The number of rotatable bonds is 4. The molecule has 2 aromatic carbocycles. The number of anilines is 1. The molecule has 0 saturated heterocycles. The summed E-state index contributed by atoms with van der Waals surface area (Å²) >= 11 is 3.30. The predicted octanol–water partition coefficient (Wildman–Crippen LogP) is 3.24. The molecule has 6 nitrogen and oxygen atoms in total. The van der Waals surface area contributed by atoms with Crippen molar-refractivity contribution in [3.8, 4) is 5.75 Å². The molecule has 21 heavy (non-hydrogen) atoms. The highest BCUT2D eigenvalue weighted by Crippen LogP contribution is 2.33. The molecule has 108 valence electrons. The molecule has 1 amide bonds. The fourth-order valence-electron chi connectivity index (χ4n) is 1.82. The average molecular weight is 351 g/mol. The van der Waals surface area contributed by atoms with Crippen LogP contribution in [0.5, 0.6) is 5.75 Å². The Morgan fingerprint density at radius 3 is 2.67 bits per heavy atom. The van der Waals surface area contributed by atoms with Crippen molar-refractivity contribution >= 4 is 33.2 Å². The Morgan fingerprint density at radius 1 is 1.29 bits per heavy atom. The molecular weight excluding hydrogens is 340 g/mol. The second-order valence-corrected chi connectivity index (χ2v) is 5.20. The maximum absolute atomic E-state index is 12.0. The zero-order valence-electron chi connectivity index (χ0n) is 10.7. The quantitative estimate of drug-likeness (QED) is 0.502. The molecule has 0 spiro atoms. The lowest BCUT2D eigenvalue weighted by molar-refractivity contribution is -0.384. The van der Waals surface area contributed by atoms with E-state index in [1.54, 1.807) is 18.2 Å². The first kappa shape index (κ1) is 15.0. The lowest BCUT2D eigenvalue weighted by atomic mass is 10.1. The molecule has 0 heterocycles. The van der Waals surface area contributed by atoms with Crippen molar-refractivity contribution in [1.29, 1.82) is 0 Å². The first-order valence-electron chi connectivity index (χ1n) is 5.98. The molecule has 0 fully saturated rings. The highest BCUT2D eigenvalue weighted by atomic mass is 79.9. The number of amides is 1. The van der Waals surface area contributed by atoms with Gasteiger partial charge in [-0.05, 0) is 23.8 Å². The van der Waals surface area contributed by atoms with Gasteiger partial charge in [-0.2, -0.15) is 0 Å². The molecule has 0 aromatic heterocycles. The van der Waals surface area contributed by atoms with Crippen molar-refractivity contribution in [2.24, 2.45) is 0 Å². The van der Waals surface area contributed by atoms with Gasteiger partial charge < -0.3 is 10.4 Å². The number of nitro groups is 1. The number of carbonyl (C=O) groups is 1. The van der Waals surface area contributed by atoms with E-state index >= 15 is 0 Å². The molecule has 2 N–H and O–H groups in total. The molecule has 7 heteroatoms. The number of nitrogens with zero attached hydrogens (tertiary/aromatic N) is 1. The molecule has 0 bridgehead atoms. The lowest BCUT2D eigenvalue weighted by Gasteiger charge is -2.08. The Bertz CT molecular complexity index is 703. The second kappa shape index (κ2) is 6.36. The van der Waals surface area contributed by atoms with Crippen LogP contribution in [0.25, 0.3) is 0 Å². The minimum atomic E-state index is -0.658. The van der Waals surface area contributed by atoms with Crippen molar-refractivity contribution in [2.75, 3.05) is 5.32 Å². The highest BCUT2D eigenvalue weighted by Gasteiger charge is 2.19. The number of benzene rings is 2. The van der Waals surface area contributed by atoms with Crippen LogP contribution in [-0.4, -0.2) is 15.9 Å². The molecule has 0 saturated carbocycles. The maximum Gasteiger partial charge on any atom is 0.296 e. The van der Waals surface area contributed by atoms with E-state index < -0.39 is 10.8 Å². The van der Waals surface area contributed by atoms with Crippen molar-refractivity contribution in [2.45, 2.75) is 6.42 Å². The minimum absolute atomic E-state index is 0.0466. The van der Waals surface area contributed by atoms with Crippen molar-refractivity contribution in [3.05, 3.63) is 62.6 Å². The third kappa shape index (κ3) is 3.79. The van der Waals surface area contributed by atoms with Gasteiger partial charge in [-0.1, -0.05) is 34.1 Å². The van der Waals surface area contributed by atoms with Crippen LogP contribution in [0, 0.1) is 10.1 Å². The van der Waals surface area contributed by atoms with Crippen LogP contribution in [0.2, 0.25) is 0 Å². The van der Waals surface area contributed by atoms with Crippen LogP contribution < -0.4 is 5.32 Å². The predicted molar refractivity (Wildman–Crippen MR) is 81.2 cm³/mol. The van der Waals surface area contributed by atoms with E-state index in [2.05, 4.69) is 21.2 Å². The fraction of sp³-hybridized carbons (Fsp3) is 0.0714. The summed E-state index contributed by atoms with van der Waals surface area (Å²) < 4.78 is 0.835. The third-order valence-electron chi connectivity index (χ3n) is 2.74. The monoisotopic (exact) mass is 350 g/mol. The van der Waals surface area contributed by atoms with Gasteiger partial charge in [0.1, 0.15) is 5.75 Å². The summed E-state index contributed by atoms with van der Waals surface area (Å²) in [6.45, 7) is 0.